The van der Waals surface area contributed by atoms with E-state index in [1.54, 1.807) is 19.1 Å². The fourth-order valence-electron chi connectivity index (χ4n) is 1.70. The van der Waals surface area contributed by atoms with E-state index >= 15 is 0 Å². The molecule has 1 N–H and O–H groups in total. The molecule has 1 rings (SSSR count). The van der Waals surface area contributed by atoms with Crippen molar-refractivity contribution in [3.8, 4) is 5.75 Å². The van der Waals surface area contributed by atoms with Crippen LogP contribution in [0.1, 0.15) is 31.9 Å². The van der Waals surface area contributed by atoms with Crippen molar-refractivity contribution in [2.45, 2.75) is 32.7 Å². The number of alkyl halides is 3. The average molecular weight is 305 g/mol. The smallest absolute Gasteiger partial charge is 0.466 e. The van der Waals surface area contributed by atoms with Crippen LogP contribution in [0.3, 0.4) is 0 Å². The maximum atomic E-state index is 12.0. The Morgan fingerprint density at radius 1 is 1.29 bits per heavy atom. The first-order valence-electron chi connectivity index (χ1n) is 6.56. The van der Waals surface area contributed by atoms with Gasteiger partial charge in [0, 0.05) is 12.6 Å². The van der Waals surface area contributed by atoms with Gasteiger partial charge in [-0.15, -0.1) is 13.2 Å². The van der Waals surface area contributed by atoms with E-state index in [-0.39, 0.29) is 24.2 Å². The molecular formula is C14H18F3NO3. The molecule has 1 aromatic rings. The summed E-state index contributed by atoms with van der Waals surface area (Å²) in [5.74, 6) is -0.545. The molecule has 0 saturated heterocycles. The summed E-state index contributed by atoms with van der Waals surface area (Å²) >= 11 is 0. The van der Waals surface area contributed by atoms with E-state index in [9.17, 15) is 18.0 Å². The van der Waals surface area contributed by atoms with E-state index in [2.05, 4.69) is 10.1 Å². The molecule has 0 aliphatic carbocycles. The molecule has 0 aliphatic rings. The zero-order chi connectivity index (χ0) is 15.9. The molecule has 4 nitrogen and oxygen atoms in total. The molecule has 0 fully saturated rings. The SMILES string of the molecule is CCOC(=O)CCNC(C)c1ccc(OC(F)(F)F)cc1. The molecule has 0 aliphatic heterocycles. The van der Waals surface area contributed by atoms with Gasteiger partial charge >= 0.3 is 12.3 Å². The third kappa shape index (κ3) is 6.99. The third-order valence-electron chi connectivity index (χ3n) is 2.70. The van der Waals surface area contributed by atoms with Crippen LogP contribution in [0.15, 0.2) is 24.3 Å². The van der Waals surface area contributed by atoms with Crippen molar-refractivity contribution in [1.29, 1.82) is 0 Å². The maximum absolute atomic E-state index is 12.0. The first kappa shape index (κ1) is 17.3. The number of ether oxygens (including phenoxy) is 2. The monoisotopic (exact) mass is 305 g/mol. The van der Waals surface area contributed by atoms with Crippen LogP contribution in [0.4, 0.5) is 13.2 Å². The van der Waals surface area contributed by atoms with Crippen molar-refractivity contribution in [3.63, 3.8) is 0 Å². The van der Waals surface area contributed by atoms with Crippen molar-refractivity contribution in [1.82, 2.24) is 5.32 Å². The predicted molar refractivity (Wildman–Crippen MR) is 70.8 cm³/mol. The average Bonchev–Trinajstić information content (AvgIpc) is 2.38. The van der Waals surface area contributed by atoms with Crippen LogP contribution in [0.25, 0.3) is 0 Å². The fourth-order valence-corrected chi connectivity index (χ4v) is 1.70. The summed E-state index contributed by atoms with van der Waals surface area (Å²) in [6, 6.07) is 5.50. The first-order chi connectivity index (χ1) is 9.81. The van der Waals surface area contributed by atoms with Gasteiger partial charge in [0.2, 0.25) is 0 Å². The quantitative estimate of drug-likeness (QED) is 0.786. The minimum atomic E-state index is -4.69. The summed E-state index contributed by atoms with van der Waals surface area (Å²) in [5, 5.41) is 3.09. The summed E-state index contributed by atoms with van der Waals surface area (Å²) in [7, 11) is 0. The number of hydrogen-bond donors (Lipinski definition) is 1. The van der Waals surface area contributed by atoms with Crippen molar-refractivity contribution in [3.05, 3.63) is 29.8 Å². The highest BCUT2D eigenvalue weighted by Gasteiger charge is 2.30. The summed E-state index contributed by atoms with van der Waals surface area (Å²) in [6.45, 7) is 4.36. The van der Waals surface area contributed by atoms with Crippen molar-refractivity contribution in [2.75, 3.05) is 13.2 Å². The van der Waals surface area contributed by atoms with E-state index in [1.807, 2.05) is 6.92 Å². The second-order valence-corrected chi connectivity index (χ2v) is 4.35. The Morgan fingerprint density at radius 3 is 2.43 bits per heavy atom. The highest BCUT2D eigenvalue weighted by molar-refractivity contribution is 5.69. The number of carbonyl (C=O) groups excluding carboxylic acids is 1. The largest absolute Gasteiger partial charge is 0.573 e. The lowest BCUT2D eigenvalue weighted by Gasteiger charge is -2.15. The van der Waals surface area contributed by atoms with Gasteiger partial charge in [0.15, 0.2) is 0 Å². The number of hydrogen-bond acceptors (Lipinski definition) is 4. The summed E-state index contributed by atoms with van der Waals surface area (Å²) < 4.78 is 44.7. The van der Waals surface area contributed by atoms with Crippen molar-refractivity contribution >= 4 is 5.97 Å². The molecule has 1 unspecified atom stereocenters. The molecule has 0 saturated carbocycles. The molecule has 0 amide bonds. The van der Waals surface area contributed by atoms with Gasteiger partial charge in [-0.1, -0.05) is 12.1 Å². The van der Waals surface area contributed by atoms with Gasteiger partial charge in [-0.05, 0) is 31.5 Å². The van der Waals surface area contributed by atoms with Crippen LogP contribution in [-0.4, -0.2) is 25.5 Å². The van der Waals surface area contributed by atoms with Crippen LogP contribution < -0.4 is 10.1 Å². The maximum Gasteiger partial charge on any atom is 0.573 e. The van der Waals surface area contributed by atoms with Gasteiger partial charge in [0.25, 0.3) is 0 Å². The van der Waals surface area contributed by atoms with Gasteiger partial charge in [-0.2, -0.15) is 0 Å². The van der Waals surface area contributed by atoms with Crippen molar-refractivity contribution < 1.29 is 27.4 Å². The Bertz CT molecular complexity index is 446. The van der Waals surface area contributed by atoms with E-state index < -0.39 is 6.36 Å². The van der Waals surface area contributed by atoms with Crippen LogP contribution >= 0.6 is 0 Å². The highest BCUT2D eigenvalue weighted by Crippen LogP contribution is 2.24. The minimum absolute atomic E-state index is 0.0978. The Kier molecular flexibility index (Phi) is 6.48. The summed E-state index contributed by atoms with van der Waals surface area (Å²) in [4.78, 5) is 11.2. The molecule has 7 heteroatoms. The van der Waals surface area contributed by atoms with E-state index in [0.29, 0.717) is 13.2 Å². The van der Waals surface area contributed by atoms with E-state index in [0.717, 1.165) is 5.56 Å². The van der Waals surface area contributed by atoms with Gasteiger partial charge in [-0.3, -0.25) is 4.79 Å². The summed E-state index contributed by atoms with van der Waals surface area (Å²) in [5.41, 5.74) is 0.799. The van der Waals surface area contributed by atoms with Crippen LogP contribution in [-0.2, 0) is 9.53 Å². The zero-order valence-corrected chi connectivity index (χ0v) is 11.9. The lowest BCUT2D eigenvalue weighted by Crippen LogP contribution is -2.22. The Morgan fingerprint density at radius 2 is 1.90 bits per heavy atom. The molecule has 1 atom stereocenters. The topological polar surface area (TPSA) is 47.6 Å². The fraction of sp³-hybridized carbons (Fsp3) is 0.500. The highest BCUT2D eigenvalue weighted by atomic mass is 19.4. The summed E-state index contributed by atoms with van der Waals surface area (Å²) in [6.07, 6.45) is -4.45. The Labute approximate surface area is 121 Å². The molecule has 21 heavy (non-hydrogen) atoms. The molecule has 0 spiro atoms. The standard InChI is InChI=1S/C14H18F3NO3/c1-3-20-13(19)8-9-18-10(2)11-4-6-12(7-5-11)21-14(15,16)17/h4-7,10,18H,3,8-9H2,1-2H3. The molecule has 0 heterocycles. The molecule has 0 radical (unpaired) electrons. The molecule has 1 aromatic carbocycles. The third-order valence-corrected chi connectivity index (χ3v) is 2.70. The Hall–Kier alpha value is -1.76. The molecule has 118 valence electrons. The molecule has 0 bridgehead atoms. The number of rotatable bonds is 7. The number of esters is 1. The van der Waals surface area contributed by atoms with Crippen molar-refractivity contribution in [2.24, 2.45) is 0 Å². The number of halogens is 3. The predicted octanol–water partition coefficient (Wildman–Crippen LogP) is 3.19. The normalized spacial score (nSPS) is 12.8. The van der Waals surface area contributed by atoms with Gasteiger partial charge < -0.3 is 14.8 Å². The number of carbonyl (C=O) groups is 1. The van der Waals surface area contributed by atoms with Gasteiger partial charge in [0.1, 0.15) is 5.75 Å². The van der Waals surface area contributed by atoms with Gasteiger partial charge in [0.05, 0.1) is 13.0 Å². The lowest BCUT2D eigenvalue weighted by atomic mass is 10.1. The second-order valence-electron chi connectivity index (χ2n) is 4.35. The van der Waals surface area contributed by atoms with Crippen LogP contribution in [0.2, 0.25) is 0 Å². The molecule has 0 aromatic heterocycles. The lowest BCUT2D eigenvalue weighted by molar-refractivity contribution is -0.274. The van der Waals surface area contributed by atoms with E-state index in [1.165, 1.54) is 12.1 Å². The number of nitrogens with one attached hydrogen (secondary N) is 1. The number of benzene rings is 1. The van der Waals surface area contributed by atoms with Crippen LogP contribution in [0.5, 0.6) is 5.75 Å². The van der Waals surface area contributed by atoms with Crippen LogP contribution in [0, 0.1) is 0 Å². The van der Waals surface area contributed by atoms with Gasteiger partial charge in [-0.25, -0.2) is 0 Å². The first-order valence-corrected chi connectivity index (χ1v) is 6.56. The molecular weight excluding hydrogens is 287 g/mol. The minimum Gasteiger partial charge on any atom is -0.466 e. The Balaban J connectivity index is 2.44. The second kappa shape index (κ2) is 7.87. The zero-order valence-electron chi connectivity index (χ0n) is 11.9. The van der Waals surface area contributed by atoms with E-state index in [4.69, 9.17) is 4.74 Å².